The van der Waals surface area contributed by atoms with E-state index < -0.39 is 5.97 Å². The quantitative estimate of drug-likeness (QED) is 0.599. The Labute approximate surface area is 57.5 Å². The lowest BCUT2D eigenvalue weighted by atomic mass is 10.4. The van der Waals surface area contributed by atoms with E-state index in [-0.39, 0.29) is 0 Å². The summed E-state index contributed by atoms with van der Waals surface area (Å²) in [7, 11) is 0. The van der Waals surface area contributed by atoms with Crippen molar-refractivity contribution in [2.45, 2.75) is 0 Å². The van der Waals surface area contributed by atoms with Crippen molar-refractivity contribution in [2.75, 3.05) is 0 Å². The molecule has 0 radical (unpaired) electrons. The molecule has 0 saturated heterocycles. The fraction of sp³-hybridized carbons (Fsp3) is 0. The topological polar surface area (TPSA) is 70.2 Å². The van der Waals surface area contributed by atoms with Crippen LogP contribution in [0.5, 0.6) is 0 Å². The van der Waals surface area contributed by atoms with Gasteiger partial charge in [-0.15, -0.1) is 0 Å². The summed E-state index contributed by atoms with van der Waals surface area (Å²) in [5.41, 5.74) is 0.296. The average molecular weight is 141 g/mol. The highest BCUT2D eigenvalue weighted by Gasteiger charge is 1.98. The lowest BCUT2D eigenvalue weighted by molar-refractivity contribution is -0.0980. The number of hydrogen-bond donors (Lipinski definition) is 2. The van der Waals surface area contributed by atoms with E-state index in [1.54, 1.807) is 6.20 Å². The lowest BCUT2D eigenvalue weighted by Gasteiger charge is -1.78. The molecule has 0 aliphatic rings. The van der Waals surface area contributed by atoms with Gasteiger partial charge in [0.1, 0.15) is 6.79 Å². The van der Waals surface area contributed by atoms with Crippen LogP contribution in [0.15, 0.2) is 18.5 Å². The zero-order chi connectivity index (χ0) is 7.98. The third-order valence-corrected chi connectivity index (χ3v) is 0.845. The average Bonchev–Trinajstić information content (AvgIpc) is 2.42. The number of carbonyl (C=O) groups is 2. The first-order valence-electron chi connectivity index (χ1n) is 2.45. The molecule has 0 amide bonds. The Kier molecular flexibility index (Phi) is 3.63. The van der Waals surface area contributed by atoms with Crippen molar-refractivity contribution in [3.8, 4) is 0 Å². The SMILES string of the molecule is C=O.O=C(O)c1cc[nH]c1. The molecule has 0 spiro atoms. The molecule has 0 aliphatic carbocycles. The van der Waals surface area contributed by atoms with Gasteiger partial charge in [-0.25, -0.2) is 4.79 Å². The largest absolute Gasteiger partial charge is 0.478 e. The van der Waals surface area contributed by atoms with Gasteiger partial charge in [0, 0.05) is 12.4 Å². The highest BCUT2D eigenvalue weighted by Crippen LogP contribution is 1.93. The summed E-state index contributed by atoms with van der Waals surface area (Å²) in [4.78, 5) is 20.7. The molecule has 10 heavy (non-hydrogen) atoms. The van der Waals surface area contributed by atoms with Gasteiger partial charge >= 0.3 is 5.97 Å². The first-order chi connectivity index (χ1) is 4.80. The van der Waals surface area contributed by atoms with Crippen LogP contribution in [-0.2, 0) is 4.79 Å². The molecule has 0 bridgehead atoms. The molecule has 1 rings (SSSR count). The van der Waals surface area contributed by atoms with Crippen LogP contribution >= 0.6 is 0 Å². The molecule has 1 aromatic rings. The van der Waals surface area contributed by atoms with Crippen LogP contribution in [0.2, 0.25) is 0 Å². The number of aromatic carboxylic acids is 1. The van der Waals surface area contributed by atoms with Crippen molar-refractivity contribution in [1.29, 1.82) is 0 Å². The Morgan fingerprint density at radius 2 is 2.20 bits per heavy atom. The second kappa shape index (κ2) is 4.31. The number of carboxylic acids is 1. The molecule has 0 fully saturated rings. The fourth-order valence-electron chi connectivity index (χ4n) is 0.457. The standard InChI is InChI=1S/C5H5NO2.CH2O/c7-5(8)4-1-2-6-3-4;1-2/h1-3,6H,(H,7,8);1H2. The van der Waals surface area contributed by atoms with Crippen LogP contribution < -0.4 is 0 Å². The number of nitrogens with one attached hydrogen (secondary N) is 1. The molecule has 4 nitrogen and oxygen atoms in total. The van der Waals surface area contributed by atoms with Crippen molar-refractivity contribution < 1.29 is 14.7 Å². The van der Waals surface area contributed by atoms with Crippen LogP contribution in [0.4, 0.5) is 0 Å². The van der Waals surface area contributed by atoms with E-state index in [4.69, 9.17) is 9.90 Å². The molecule has 0 saturated carbocycles. The van der Waals surface area contributed by atoms with Gasteiger partial charge < -0.3 is 14.9 Å². The van der Waals surface area contributed by atoms with Gasteiger partial charge in [0.2, 0.25) is 0 Å². The molecule has 2 N–H and O–H groups in total. The summed E-state index contributed by atoms with van der Waals surface area (Å²) in [5, 5.41) is 8.25. The summed E-state index contributed by atoms with van der Waals surface area (Å²) in [6, 6.07) is 1.50. The number of hydrogen-bond acceptors (Lipinski definition) is 2. The Bertz CT molecular complexity index is 193. The van der Waals surface area contributed by atoms with E-state index in [1.165, 1.54) is 12.3 Å². The van der Waals surface area contributed by atoms with Crippen molar-refractivity contribution >= 4 is 12.8 Å². The number of H-pyrrole nitrogens is 1. The normalized spacial score (nSPS) is 7.60. The maximum Gasteiger partial charge on any atom is 0.337 e. The maximum absolute atomic E-state index is 10.0. The van der Waals surface area contributed by atoms with E-state index >= 15 is 0 Å². The van der Waals surface area contributed by atoms with Crippen LogP contribution in [0.1, 0.15) is 10.4 Å². The van der Waals surface area contributed by atoms with Gasteiger partial charge in [-0.05, 0) is 6.07 Å². The van der Waals surface area contributed by atoms with Crippen LogP contribution in [0.25, 0.3) is 0 Å². The number of carbonyl (C=O) groups excluding carboxylic acids is 1. The minimum Gasteiger partial charge on any atom is -0.478 e. The van der Waals surface area contributed by atoms with Crippen LogP contribution in [0.3, 0.4) is 0 Å². The van der Waals surface area contributed by atoms with Gasteiger partial charge in [0.05, 0.1) is 5.56 Å². The van der Waals surface area contributed by atoms with Crippen molar-refractivity contribution in [1.82, 2.24) is 4.98 Å². The van der Waals surface area contributed by atoms with Gasteiger partial charge in [0.15, 0.2) is 0 Å². The molecule has 0 aliphatic heterocycles. The first kappa shape index (κ1) is 8.42. The summed E-state index contributed by atoms with van der Waals surface area (Å²) in [5.74, 6) is -0.897. The molecule has 1 aromatic heterocycles. The van der Waals surface area contributed by atoms with Gasteiger partial charge in [-0.2, -0.15) is 0 Å². The molecular weight excluding hydrogens is 134 g/mol. The van der Waals surface area contributed by atoms with Crippen molar-refractivity contribution in [2.24, 2.45) is 0 Å². The minimum absolute atomic E-state index is 0.296. The minimum atomic E-state index is -0.897. The van der Waals surface area contributed by atoms with Crippen molar-refractivity contribution in [3.05, 3.63) is 24.0 Å². The number of aromatic nitrogens is 1. The zero-order valence-corrected chi connectivity index (χ0v) is 5.20. The number of rotatable bonds is 1. The molecule has 0 atom stereocenters. The van der Waals surface area contributed by atoms with Crippen molar-refractivity contribution in [3.63, 3.8) is 0 Å². The third-order valence-electron chi connectivity index (χ3n) is 0.845. The molecule has 4 heteroatoms. The monoisotopic (exact) mass is 141 g/mol. The second-order valence-electron chi connectivity index (χ2n) is 1.40. The Morgan fingerprint density at radius 1 is 1.60 bits per heavy atom. The lowest BCUT2D eigenvalue weighted by Crippen LogP contribution is -1.91. The third kappa shape index (κ3) is 2.13. The van der Waals surface area contributed by atoms with Crippen LogP contribution in [0, 0.1) is 0 Å². The Balaban J connectivity index is 0.000000371. The first-order valence-corrected chi connectivity index (χ1v) is 2.45. The van der Waals surface area contributed by atoms with E-state index in [2.05, 4.69) is 4.98 Å². The van der Waals surface area contributed by atoms with E-state index in [9.17, 15) is 4.79 Å². The molecule has 0 unspecified atom stereocenters. The van der Waals surface area contributed by atoms with Gasteiger partial charge in [0.25, 0.3) is 0 Å². The highest BCUT2D eigenvalue weighted by atomic mass is 16.4. The molecule has 0 aromatic carbocycles. The molecule has 54 valence electrons. The highest BCUT2D eigenvalue weighted by molar-refractivity contribution is 5.87. The summed E-state index contributed by atoms with van der Waals surface area (Å²) in [6.45, 7) is 2.00. The fourth-order valence-corrected chi connectivity index (χ4v) is 0.457. The zero-order valence-electron chi connectivity index (χ0n) is 5.20. The van der Waals surface area contributed by atoms with Crippen LogP contribution in [-0.4, -0.2) is 22.8 Å². The van der Waals surface area contributed by atoms with Gasteiger partial charge in [-0.1, -0.05) is 0 Å². The molecular formula is C6H7NO3. The second-order valence-corrected chi connectivity index (χ2v) is 1.40. The van der Waals surface area contributed by atoms with E-state index in [0.29, 0.717) is 5.56 Å². The van der Waals surface area contributed by atoms with Gasteiger partial charge in [-0.3, -0.25) is 0 Å². The number of carboxylic acid groups (broad SMARTS) is 1. The summed E-state index contributed by atoms with van der Waals surface area (Å²) >= 11 is 0. The Hall–Kier alpha value is -1.58. The smallest absolute Gasteiger partial charge is 0.337 e. The Morgan fingerprint density at radius 3 is 2.40 bits per heavy atom. The van der Waals surface area contributed by atoms with E-state index in [1.807, 2.05) is 6.79 Å². The molecule has 1 heterocycles. The summed E-state index contributed by atoms with van der Waals surface area (Å²) in [6.07, 6.45) is 3.01. The predicted molar refractivity (Wildman–Crippen MR) is 34.9 cm³/mol. The number of aromatic amines is 1. The summed E-state index contributed by atoms with van der Waals surface area (Å²) < 4.78 is 0. The van der Waals surface area contributed by atoms with E-state index in [0.717, 1.165) is 0 Å². The maximum atomic E-state index is 10.0. The predicted octanol–water partition coefficient (Wildman–Crippen LogP) is 0.528.